The summed E-state index contributed by atoms with van der Waals surface area (Å²) in [6.07, 6.45) is 3.79. The van der Waals surface area contributed by atoms with E-state index >= 15 is 0 Å². The van der Waals surface area contributed by atoms with E-state index in [0.717, 1.165) is 16.0 Å². The summed E-state index contributed by atoms with van der Waals surface area (Å²) >= 11 is 9.01. The fourth-order valence-corrected chi connectivity index (χ4v) is 5.20. The molecule has 2 aromatic carbocycles. The van der Waals surface area contributed by atoms with E-state index in [-0.39, 0.29) is 5.56 Å². The minimum Gasteiger partial charge on any atom is -0.466 e. The third-order valence-electron chi connectivity index (χ3n) is 5.00. The van der Waals surface area contributed by atoms with Gasteiger partial charge in [-0.2, -0.15) is 0 Å². The topological polar surface area (TPSA) is 60.7 Å². The second-order valence-electron chi connectivity index (χ2n) is 6.90. The predicted molar refractivity (Wildman–Crippen MR) is 125 cm³/mol. The van der Waals surface area contributed by atoms with Crippen LogP contribution < -0.4 is 14.9 Å². The summed E-state index contributed by atoms with van der Waals surface area (Å²) in [5.74, 6) is -0.496. The van der Waals surface area contributed by atoms with Gasteiger partial charge in [0.05, 0.1) is 29.0 Å². The highest BCUT2D eigenvalue weighted by Crippen LogP contribution is 2.31. The van der Waals surface area contributed by atoms with E-state index in [1.807, 2.05) is 42.7 Å². The molecule has 31 heavy (non-hydrogen) atoms. The van der Waals surface area contributed by atoms with Crippen LogP contribution in [0.1, 0.15) is 24.1 Å². The minimum atomic E-state index is -0.610. The highest BCUT2D eigenvalue weighted by molar-refractivity contribution is 7.98. The molecule has 1 aliphatic rings. The number of hydrogen-bond donors (Lipinski definition) is 0. The Labute approximate surface area is 192 Å². The van der Waals surface area contributed by atoms with Crippen LogP contribution in [0.15, 0.2) is 74.5 Å². The number of methoxy groups -OCH3 is 1. The van der Waals surface area contributed by atoms with Gasteiger partial charge in [-0.25, -0.2) is 9.79 Å². The molecule has 0 spiro atoms. The quantitative estimate of drug-likeness (QED) is 0.430. The number of thiazole rings is 1. The summed E-state index contributed by atoms with van der Waals surface area (Å²) in [4.78, 5) is 32.3. The molecule has 0 saturated heterocycles. The molecular weight excluding hydrogens is 452 g/mol. The van der Waals surface area contributed by atoms with Crippen LogP contribution >= 0.6 is 34.7 Å². The number of fused-ring (bicyclic) bond motifs is 1. The second-order valence-corrected chi connectivity index (χ2v) is 9.23. The number of aromatic nitrogens is 1. The molecule has 5 nitrogen and oxygen atoms in total. The lowest BCUT2D eigenvalue weighted by atomic mass is 9.96. The number of carbonyl (C=O) groups excluding carboxylic acids is 1. The molecule has 0 saturated carbocycles. The number of allylic oxidation sites excluding steroid dienone is 1. The molecule has 0 N–H and O–H groups in total. The van der Waals surface area contributed by atoms with E-state index in [1.54, 1.807) is 41.5 Å². The van der Waals surface area contributed by atoms with Gasteiger partial charge in [-0.15, -0.1) is 11.8 Å². The summed E-state index contributed by atoms with van der Waals surface area (Å²) in [6, 6.07) is 14.5. The molecule has 0 bridgehead atoms. The maximum atomic E-state index is 13.4. The van der Waals surface area contributed by atoms with E-state index in [0.29, 0.717) is 25.6 Å². The van der Waals surface area contributed by atoms with E-state index in [9.17, 15) is 9.59 Å². The van der Waals surface area contributed by atoms with E-state index < -0.39 is 12.0 Å². The molecule has 1 atom stereocenters. The standard InChI is InChI=1S/C23H19ClN2O3S2/c1-13-19(22(28)29-2)20(15-7-9-17(30-3)10-8-15)26-21(27)18(31-23(26)25-13)12-14-5-4-6-16(24)11-14/h4-12,20H,1-3H3/b18-12-. The third-order valence-corrected chi connectivity index (χ3v) is 6.97. The zero-order valence-corrected chi connectivity index (χ0v) is 19.5. The van der Waals surface area contributed by atoms with Gasteiger partial charge in [-0.3, -0.25) is 9.36 Å². The smallest absolute Gasteiger partial charge is 0.338 e. The first-order valence-corrected chi connectivity index (χ1v) is 11.8. The van der Waals surface area contributed by atoms with Crippen molar-refractivity contribution in [1.29, 1.82) is 0 Å². The van der Waals surface area contributed by atoms with Crippen molar-refractivity contribution in [3.8, 4) is 0 Å². The molecule has 0 fully saturated rings. The first kappa shape index (κ1) is 21.6. The summed E-state index contributed by atoms with van der Waals surface area (Å²) in [5.41, 5.74) is 2.34. The van der Waals surface area contributed by atoms with Crippen LogP contribution in [0.2, 0.25) is 5.02 Å². The van der Waals surface area contributed by atoms with E-state index in [2.05, 4.69) is 4.99 Å². The number of esters is 1. The molecule has 158 valence electrons. The Kier molecular flexibility index (Phi) is 6.18. The van der Waals surface area contributed by atoms with Crippen LogP contribution in [-0.4, -0.2) is 23.9 Å². The van der Waals surface area contributed by atoms with Gasteiger partial charge in [0.25, 0.3) is 5.56 Å². The van der Waals surface area contributed by atoms with Crippen molar-refractivity contribution in [3.05, 3.63) is 95.6 Å². The molecule has 0 amide bonds. The molecule has 0 aliphatic carbocycles. The summed E-state index contributed by atoms with van der Waals surface area (Å²) in [6.45, 7) is 1.77. The molecular formula is C23H19ClN2O3S2. The predicted octanol–water partition coefficient (Wildman–Crippen LogP) is 3.78. The van der Waals surface area contributed by atoms with Gasteiger partial charge in [-0.05, 0) is 54.6 Å². The monoisotopic (exact) mass is 470 g/mol. The second kappa shape index (κ2) is 8.86. The highest BCUT2D eigenvalue weighted by Gasteiger charge is 2.33. The average Bonchev–Trinajstić information content (AvgIpc) is 3.07. The van der Waals surface area contributed by atoms with E-state index in [4.69, 9.17) is 16.3 Å². The Morgan fingerprint density at radius 1 is 1.26 bits per heavy atom. The minimum absolute atomic E-state index is 0.212. The molecule has 2 heterocycles. The van der Waals surface area contributed by atoms with Gasteiger partial charge >= 0.3 is 5.97 Å². The fourth-order valence-electron chi connectivity index (χ4n) is 3.54. The molecule has 1 aliphatic heterocycles. The number of ether oxygens (including phenoxy) is 1. The fraction of sp³-hybridized carbons (Fsp3) is 0.174. The Hall–Kier alpha value is -2.61. The molecule has 0 radical (unpaired) electrons. The van der Waals surface area contributed by atoms with Crippen molar-refractivity contribution < 1.29 is 9.53 Å². The van der Waals surface area contributed by atoms with Crippen LogP contribution in [0.3, 0.4) is 0 Å². The van der Waals surface area contributed by atoms with Crippen molar-refractivity contribution in [2.45, 2.75) is 17.9 Å². The SMILES string of the molecule is COC(=O)C1=C(C)N=c2s/c(=C\c3cccc(Cl)c3)c(=O)n2C1c1ccc(SC)cc1. The first-order valence-electron chi connectivity index (χ1n) is 9.43. The molecule has 3 aromatic rings. The lowest BCUT2D eigenvalue weighted by Gasteiger charge is -2.24. The van der Waals surface area contributed by atoms with Crippen molar-refractivity contribution in [3.63, 3.8) is 0 Å². The van der Waals surface area contributed by atoms with Crippen molar-refractivity contribution >= 4 is 46.7 Å². The molecule has 4 rings (SSSR count). The van der Waals surface area contributed by atoms with Gasteiger partial charge in [0.15, 0.2) is 4.80 Å². The highest BCUT2D eigenvalue weighted by atomic mass is 35.5. The lowest BCUT2D eigenvalue weighted by Crippen LogP contribution is -2.39. The number of thioether (sulfide) groups is 1. The summed E-state index contributed by atoms with van der Waals surface area (Å²) in [7, 11) is 1.33. The van der Waals surface area contributed by atoms with Gasteiger partial charge < -0.3 is 4.74 Å². The van der Waals surface area contributed by atoms with Crippen LogP contribution in [-0.2, 0) is 9.53 Å². The summed E-state index contributed by atoms with van der Waals surface area (Å²) in [5, 5.41) is 0.595. The number of halogens is 1. The number of hydrogen-bond acceptors (Lipinski definition) is 6. The number of nitrogens with zero attached hydrogens (tertiary/aromatic N) is 2. The van der Waals surface area contributed by atoms with Crippen molar-refractivity contribution in [1.82, 2.24) is 4.57 Å². The van der Waals surface area contributed by atoms with E-state index in [1.165, 1.54) is 18.4 Å². The maximum absolute atomic E-state index is 13.4. The Balaban J connectivity index is 1.96. The van der Waals surface area contributed by atoms with Gasteiger partial charge in [0.2, 0.25) is 0 Å². The molecule has 1 unspecified atom stereocenters. The van der Waals surface area contributed by atoms with Gasteiger partial charge in [0.1, 0.15) is 0 Å². The zero-order chi connectivity index (χ0) is 22.1. The van der Waals surface area contributed by atoms with Crippen LogP contribution in [0.25, 0.3) is 6.08 Å². The normalized spacial score (nSPS) is 16.1. The first-order chi connectivity index (χ1) is 14.9. The Morgan fingerprint density at radius 3 is 2.65 bits per heavy atom. The van der Waals surface area contributed by atoms with Crippen LogP contribution in [0.4, 0.5) is 0 Å². The Morgan fingerprint density at radius 2 is 2.00 bits per heavy atom. The average molecular weight is 471 g/mol. The number of rotatable bonds is 4. The van der Waals surface area contributed by atoms with Gasteiger partial charge in [-0.1, -0.05) is 47.2 Å². The molecule has 8 heteroatoms. The van der Waals surface area contributed by atoms with Crippen molar-refractivity contribution in [2.75, 3.05) is 13.4 Å². The van der Waals surface area contributed by atoms with Crippen LogP contribution in [0.5, 0.6) is 0 Å². The van der Waals surface area contributed by atoms with Gasteiger partial charge in [0, 0.05) is 9.92 Å². The largest absolute Gasteiger partial charge is 0.466 e. The number of carbonyl (C=O) groups is 1. The lowest BCUT2D eigenvalue weighted by molar-refractivity contribution is -0.136. The summed E-state index contributed by atoms with van der Waals surface area (Å²) < 4.78 is 7.13. The van der Waals surface area contributed by atoms with Crippen molar-refractivity contribution in [2.24, 2.45) is 4.99 Å². The maximum Gasteiger partial charge on any atom is 0.338 e. The molecule has 1 aromatic heterocycles. The Bertz CT molecular complexity index is 1370. The third kappa shape index (κ3) is 4.13. The zero-order valence-electron chi connectivity index (χ0n) is 17.1. The van der Waals surface area contributed by atoms with Crippen LogP contribution in [0, 0.1) is 0 Å². The number of benzene rings is 2.